The lowest BCUT2D eigenvalue weighted by Crippen LogP contribution is -1.84. The van der Waals surface area contributed by atoms with Gasteiger partial charge in [0.2, 0.25) is 0 Å². The molecule has 92 valence electrons. The van der Waals surface area contributed by atoms with Crippen LogP contribution in [0.2, 0.25) is 0 Å². The molecule has 1 N–H and O–H groups in total. The van der Waals surface area contributed by atoms with Crippen LogP contribution in [-0.2, 0) is 0 Å². The number of rotatable bonds is 3. The number of hydrogen-bond donors (Lipinski definition) is 1. The van der Waals surface area contributed by atoms with E-state index in [1.165, 1.54) is 12.1 Å². The first-order chi connectivity index (χ1) is 8.70. The predicted molar refractivity (Wildman–Crippen MR) is 72.6 cm³/mol. The van der Waals surface area contributed by atoms with Crippen LogP contribution >= 0.6 is 0 Å². The van der Waals surface area contributed by atoms with E-state index in [2.05, 4.69) is 0 Å². The maximum atomic E-state index is 12.8. The molecule has 2 heteroatoms. The van der Waals surface area contributed by atoms with Crippen molar-refractivity contribution in [3.63, 3.8) is 0 Å². The summed E-state index contributed by atoms with van der Waals surface area (Å²) in [6, 6.07) is 14.4. The van der Waals surface area contributed by atoms with Gasteiger partial charge < -0.3 is 5.11 Å². The Balaban J connectivity index is 2.27. The molecule has 1 nitrogen and oxygen atoms in total. The monoisotopic (exact) mass is 242 g/mol. The molecule has 0 aliphatic carbocycles. The topological polar surface area (TPSA) is 20.2 Å². The van der Waals surface area contributed by atoms with Crippen LogP contribution in [0.4, 0.5) is 4.39 Å². The Morgan fingerprint density at radius 3 is 2.00 bits per heavy atom. The summed E-state index contributed by atoms with van der Waals surface area (Å²) < 4.78 is 12.8. The first-order valence-corrected chi connectivity index (χ1v) is 5.84. The van der Waals surface area contributed by atoms with Crippen molar-refractivity contribution in [2.24, 2.45) is 0 Å². The van der Waals surface area contributed by atoms with Gasteiger partial charge in [-0.05, 0) is 41.3 Å². The van der Waals surface area contributed by atoms with Crippen molar-refractivity contribution in [3.8, 4) is 11.1 Å². The fraction of sp³-hybridized carbons (Fsp3) is 0.125. The van der Waals surface area contributed by atoms with Crippen LogP contribution in [0.25, 0.3) is 16.7 Å². The quantitative estimate of drug-likeness (QED) is 0.865. The lowest BCUT2D eigenvalue weighted by atomic mass is 10.0. The molecule has 0 radical (unpaired) electrons. The fourth-order valence-corrected chi connectivity index (χ4v) is 1.82. The molecule has 0 atom stereocenters. The molecule has 0 aromatic heterocycles. The van der Waals surface area contributed by atoms with Crippen LogP contribution in [0.15, 0.2) is 54.6 Å². The van der Waals surface area contributed by atoms with Gasteiger partial charge >= 0.3 is 0 Å². The smallest absolute Gasteiger partial charge is 0.123 e. The third kappa shape index (κ3) is 2.84. The summed E-state index contributed by atoms with van der Waals surface area (Å²) in [6.07, 6.45) is 1.77. The van der Waals surface area contributed by atoms with Gasteiger partial charge in [-0.25, -0.2) is 4.39 Å². The predicted octanol–water partition coefficient (Wildman–Crippen LogP) is 3.89. The minimum Gasteiger partial charge on any atom is -0.392 e. The van der Waals surface area contributed by atoms with Gasteiger partial charge in [0.1, 0.15) is 5.82 Å². The number of halogens is 1. The van der Waals surface area contributed by atoms with Gasteiger partial charge in [0.05, 0.1) is 6.61 Å². The van der Waals surface area contributed by atoms with Gasteiger partial charge in [-0.1, -0.05) is 42.5 Å². The Bertz CT molecular complexity index is 538. The zero-order valence-corrected chi connectivity index (χ0v) is 10.2. The molecule has 0 bridgehead atoms. The Kier molecular flexibility index (Phi) is 3.90. The second kappa shape index (κ2) is 5.61. The second-order valence-corrected chi connectivity index (χ2v) is 4.15. The minimum absolute atomic E-state index is 0.0472. The molecule has 2 rings (SSSR count). The van der Waals surface area contributed by atoms with Crippen molar-refractivity contribution in [1.29, 1.82) is 0 Å². The lowest BCUT2D eigenvalue weighted by molar-refractivity contribution is 0.343. The SMILES string of the molecule is CC(=CCO)c1ccc(-c2ccc(F)cc2)cc1. The zero-order valence-electron chi connectivity index (χ0n) is 10.2. The standard InChI is InChI=1S/C16H15FO/c1-12(10-11-18)13-2-4-14(5-3-13)15-6-8-16(17)9-7-15/h2-10,18H,11H2,1H3. The number of aliphatic hydroxyl groups is 1. The lowest BCUT2D eigenvalue weighted by Gasteiger charge is -2.05. The Hall–Kier alpha value is -1.93. The van der Waals surface area contributed by atoms with Gasteiger partial charge in [-0.3, -0.25) is 0 Å². The summed E-state index contributed by atoms with van der Waals surface area (Å²) in [7, 11) is 0. The second-order valence-electron chi connectivity index (χ2n) is 4.15. The minimum atomic E-state index is -0.225. The third-order valence-corrected chi connectivity index (χ3v) is 2.92. The molecule has 0 amide bonds. The van der Waals surface area contributed by atoms with Crippen LogP contribution in [0.5, 0.6) is 0 Å². The molecule has 2 aromatic carbocycles. The van der Waals surface area contributed by atoms with Crippen molar-refractivity contribution in [2.75, 3.05) is 6.61 Å². The molecule has 2 aromatic rings. The summed E-state index contributed by atoms with van der Waals surface area (Å²) in [4.78, 5) is 0. The zero-order chi connectivity index (χ0) is 13.0. The van der Waals surface area contributed by atoms with Crippen molar-refractivity contribution in [1.82, 2.24) is 0 Å². The van der Waals surface area contributed by atoms with Crippen LogP contribution < -0.4 is 0 Å². The average Bonchev–Trinajstić information content (AvgIpc) is 2.40. The van der Waals surface area contributed by atoms with Crippen molar-refractivity contribution < 1.29 is 9.50 Å². The molecule has 0 unspecified atom stereocenters. The van der Waals surface area contributed by atoms with Gasteiger partial charge in [0.25, 0.3) is 0 Å². The summed E-state index contributed by atoms with van der Waals surface area (Å²) in [5, 5.41) is 8.84. The Labute approximate surface area is 106 Å². The molecular formula is C16H15FO. The first kappa shape index (κ1) is 12.5. The first-order valence-electron chi connectivity index (χ1n) is 5.84. The van der Waals surface area contributed by atoms with Crippen LogP contribution in [0, 0.1) is 5.82 Å². The van der Waals surface area contributed by atoms with E-state index in [0.29, 0.717) is 0 Å². The highest BCUT2D eigenvalue weighted by molar-refractivity contribution is 5.69. The van der Waals surface area contributed by atoms with Crippen molar-refractivity contribution >= 4 is 5.57 Å². The van der Waals surface area contributed by atoms with Crippen LogP contribution in [-0.4, -0.2) is 11.7 Å². The molecule has 0 fully saturated rings. The van der Waals surface area contributed by atoms with Crippen molar-refractivity contribution in [3.05, 3.63) is 66.0 Å². The normalized spacial score (nSPS) is 11.6. The molecule has 0 heterocycles. The van der Waals surface area contributed by atoms with E-state index in [9.17, 15) is 4.39 Å². The fourth-order valence-electron chi connectivity index (χ4n) is 1.82. The van der Waals surface area contributed by atoms with E-state index >= 15 is 0 Å². The van der Waals surface area contributed by atoms with Gasteiger partial charge in [-0.2, -0.15) is 0 Å². The van der Waals surface area contributed by atoms with Crippen LogP contribution in [0.3, 0.4) is 0 Å². The van der Waals surface area contributed by atoms with E-state index < -0.39 is 0 Å². The largest absolute Gasteiger partial charge is 0.392 e. The van der Waals surface area contributed by atoms with Crippen LogP contribution in [0.1, 0.15) is 12.5 Å². The van der Waals surface area contributed by atoms with Gasteiger partial charge in [0, 0.05) is 0 Å². The van der Waals surface area contributed by atoms with E-state index in [1.807, 2.05) is 31.2 Å². The summed E-state index contributed by atoms with van der Waals surface area (Å²) in [5.74, 6) is -0.225. The van der Waals surface area contributed by atoms with Gasteiger partial charge in [-0.15, -0.1) is 0 Å². The van der Waals surface area contributed by atoms with E-state index in [-0.39, 0.29) is 12.4 Å². The molecule has 0 aliphatic heterocycles. The molecule has 0 aliphatic rings. The maximum Gasteiger partial charge on any atom is 0.123 e. The number of aliphatic hydroxyl groups excluding tert-OH is 1. The molecule has 0 saturated carbocycles. The number of benzene rings is 2. The highest BCUT2D eigenvalue weighted by Crippen LogP contribution is 2.22. The maximum absolute atomic E-state index is 12.8. The Morgan fingerprint density at radius 2 is 1.50 bits per heavy atom. The van der Waals surface area contributed by atoms with E-state index in [0.717, 1.165) is 22.3 Å². The highest BCUT2D eigenvalue weighted by Gasteiger charge is 1.99. The molecule has 18 heavy (non-hydrogen) atoms. The molecule has 0 spiro atoms. The molecular weight excluding hydrogens is 227 g/mol. The summed E-state index contributed by atoms with van der Waals surface area (Å²) >= 11 is 0. The van der Waals surface area contributed by atoms with Gasteiger partial charge in [0.15, 0.2) is 0 Å². The molecule has 0 saturated heterocycles. The summed E-state index contributed by atoms with van der Waals surface area (Å²) in [6.45, 7) is 2.01. The average molecular weight is 242 g/mol. The third-order valence-electron chi connectivity index (χ3n) is 2.92. The van der Waals surface area contributed by atoms with E-state index in [4.69, 9.17) is 5.11 Å². The van der Waals surface area contributed by atoms with E-state index in [1.54, 1.807) is 18.2 Å². The van der Waals surface area contributed by atoms with Crippen molar-refractivity contribution in [2.45, 2.75) is 6.92 Å². The highest BCUT2D eigenvalue weighted by atomic mass is 19.1. The Morgan fingerprint density at radius 1 is 1.00 bits per heavy atom. The number of allylic oxidation sites excluding steroid dienone is 1. The summed E-state index contributed by atoms with van der Waals surface area (Å²) in [5.41, 5.74) is 4.17. The number of hydrogen-bond acceptors (Lipinski definition) is 1.